The molecule has 1 aromatic heterocycles. The van der Waals surface area contributed by atoms with E-state index in [1.807, 2.05) is 17.7 Å². The maximum Gasteiger partial charge on any atom is 0.225 e. The van der Waals surface area contributed by atoms with E-state index in [0.29, 0.717) is 24.7 Å². The number of aryl methyl sites for hydroxylation is 1. The molecule has 2 aromatic rings. The molecule has 1 heterocycles. The van der Waals surface area contributed by atoms with Crippen LogP contribution in [0.5, 0.6) is 0 Å². The maximum absolute atomic E-state index is 13.0. The van der Waals surface area contributed by atoms with E-state index in [1.54, 1.807) is 12.1 Å². The second-order valence-corrected chi connectivity index (χ2v) is 7.64. The molecule has 0 saturated heterocycles. The number of benzene rings is 1. The molecule has 132 valence electrons. The Hall–Kier alpha value is -2.17. The Bertz CT molecular complexity index is 768. The van der Waals surface area contributed by atoms with Crippen LogP contribution in [0.3, 0.4) is 0 Å². The number of rotatable bonds is 5. The van der Waals surface area contributed by atoms with E-state index < -0.39 is 0 Å². The van der Waals surface area contributed by atoms with Crippen LogP contribution in [0.15, 0.2) is 30.3 Å². The number of carbonyl (C=O) groups excluding carboxylic acids is 1. The van der Waals surface area contributed by atoms with Gasteiger partial charge in [-0.2, -0.15) is 5.10 Å². The first kappa shape index (κ1) is 16.3. The van der Waals surface area contributed by atoms with Crippen LogP contribution in [0.25, 0.3) is 0 Å². The number of anilines is 1. The van der Waals surface area contributed by atoms with Crippen molar-refractivity contribution < 1.29 is 9.18 Å². The van der Waals surface area contributed by atoms with Gasteiger partial charge < -0.3 is 5.32 Å². The number of carbonyl (C=O) groups is 1. The highest BCUT2D eigenvalue weighted by molar-refractivity contribution is 5.90. The molecule has 0 radical (unpaired) electrons. The molecule has 25 heavy (non-hydrogen) atoms. The first-order valence-corrected chi connectivity index (χ1v) is 9.15. The van der Waals surface area contributed by atoms with Gasteiger partial charge in [0, 0.05) is 18.2 Å². The summed E-state index contributed by atoms with van der Waals surface area (Å²) in [6.07, 6.45) is 5.81. The fraction of sp³-hybridized carbons (Fsp3) is 0.500. The van der Waals surface area contributed by atoms with Crippen molar-refractivity contribution in [1.82, 2.24) is 9.78 Å². The molecule has 2 aliphatic carbocycles. The van der Waals surface area contributed by atoms with Crippen molar-refractivity contribution in [3.63, 3.8) is 0 Å². The molecule has 3 atom stereocenters. The summed E-state index contributed by atoms with van der Waals surface area (Å²) >= 11 is 0. The molecule has 1 amide bonds. The predicted molar refractivity (Wildman–Crippen MR) is 94.7 cm³/mol. The summed E-state index contributed by atoms with van der Waals surface area (Å²) in [4.78, 5) is 12.4. The summed E-state index contributed by atoms with van der Waals surface area (Å²) < 4.78 is 14.8. The number of hydrogen-bond acceptors (Lipinski definition) is 2. The Balaban J connectivity index is 1.36. The van der Waals surface area contributed by atoms with Gasteiger partial charge in [0.05, 0.1) is 6.54 Å². The van der Waals surface area contributed by atoms with Gasteiger partial charge in [0.25, 0.3) is 0 Å². The molecule has 2 aliphatic rings. The lowest BCUT2D eigenvalue weighted by molar-refractivity contribution is -0.117. The molecule has 5 heteroatoms. The maximum atomic E-state index is 13.0. The Morgan fingerprint density at radius 2 is 2.08 bits per heavy atom. The lowest BCUT2D eigenvalue weighted by atomic mass is 9.86. The second-order valence-electron chi connectivity index (χ2n) is 7.64. The number of nitrogens with zero attached hydrogens (tertiary/aromatic N) is 2. The number of fused-ring (bicyclic) bond motifs is 2. The SMILES string of the molecule is Cc1cc(NC(=O)C[C@H]2C[C@H]3CC[C@H]2C3)nn1Cc1ccc(F)cc1. The van der Waals surface area contributed by atoms with Crippen LogP contribution in [0, 0.1) is 30.5 Å². The molecule has 2 fully saturated rings. The van der Waals surface area contributed by atoms with E-state index in [2.05, 4.69) is 10.4 Å². The minimum Gasteiger partial charge on any atom is -0.309 e. The van der Waals surface area contributed by atoms with E-state index in [0.717, 1.165) is 23.1 Å². The van der Waals surface area contributed by atoms with E-state index in [1.165, 1.54) is 37.8 Å². The van der Waals surface area contributed by atoms with Crippen LogP contribution in [0.1, 0.15) is 43.4 Å². The molecule has 2 bridgehead atoms. The number of hydrogen-bond donors (Lipinski definition) is 1. The van der Waals surface area contributed by atoms with Gasteiger partial charge in [0.15, 0.2) is 5.82 Å². The van der Waals surface area contributed by atoms with E-state index in [-0.39, 0.29) is 11.7 Å². The van der Waals surface area contributed by atoms with Crippen LogP contribution in [0.2, 0.25) is 0 Å². The van der Waals surface area contributed by atoms with Crippen LogP contribution in [-0.4, -0.2) is 15.7 Å². The Kier molecular flexibility index (Phi) is 4.32. The average molecular weight is 341 g/mol. The number of amides is 1. The van der Waals surface area contributed by atoms with Crippen molar-refractivity contribution in [3.8, 4) is 0 Å². The zero-order chi connectivity index (χ0) is 17.4. The first-order valence-electron chi connectivity index (χ1n) is 9.15. The van der Waals surface area contributed by atoms with Crippen molar-refractivity contribution in [3.05, 3.63) is 47.4 Å². The minimum atomic E-state index is -0.241. The Morgan fingerprint density at radius 1 is 1.28 bits per heavy atom. The summed E-state index contributed by atoms with van der Waals surface area (Å²) in [6.45, 7) is 2.52. The first-order chi connectivity index (χ1) is 12.1. The smallest absolute Gasteiger partial charge is 0.225 e. The topological polar surface area (TPSA) is 46.9 Å². The molecular weight excluding hydrogens is 317 g/mol. The highest BCUT2D eigenvalue weighted by atomic mass is 19.1. The van der Waals surface area contributed by atoms with E-state index in [4.69, 9.17) is 0 Å². The summed E-state index contributed by atoms with van der Waals surface area (Å²) in [6, 6.07) is 8.30. The zero-order valence-corrected chi connectivity index (χ0v) is 14.5. The zero-order valence-electron chi connectivity index (χ0n) is 14.5. The molecule has 4 nitrogen and oxygen atoms in total. The summed E-state index contributed by atoms with van der Waals surface area (Å²) in [5.41, 5.74) is 1.95. The van der Waals surface area contributed by atoms with Crippen molar-refractivity contribution >= 4 is 11.7 Å². The average Bonchev–Trinajstić information content (AvgIpc) is 3.26. The van der Waals surface area contributed by atoms with Gasteiger partial charge in [0.2, 0.25) is 5.91 Å². The van der Waals surface area contributed by atoms with Gasteiger partial charge in [-0.15, -0.1) is 0 Å². The fourth-order valence-electron chi connectivity index (χ4n) is 4.55. The fourth-order valence-corrected chi connectivity index (χ4v) is 4.55. The van der Waals surface area contributed by atoms with Gasteiger partial charge in [-0.05, 0) is 61.6 Å². The van der Waals surface area contributed by atoms with Crippen molar-refractivity contribution in [1.29, 1.82) is 0 Å². The second kappa shape index (κ2) is 6.62. The standard InChI is InChI=1S/C20H24FN3O/c1-13-8-19(23-24(13)12-14-3-6-18(21)7-4-14)22-20(25)11-17-10-15-2-5-16(17)9-15/h3-4,6-8,15-17H,2,5,9-12H2,1H3,(H,22,23,25)/t15-,16-,17+/m0/s1. The normalized spacial score (nSPS) is 24.6. The third kappa shape index (κ3) is 3.60. The molecule has 0 spiro atoms. The van der Waals surface area contributed by atoms with E-state index >= 15 is 0 Å². The lowest BCUT2D eigenvalue weighted by Crippen LogP contribution is -2.20. The molecule has 1 aromatic carbocycles. The van der Waals surface area contributed by atoms with Gasteiger partial charge >= 0.3 is 0 Å². The van der Waals surface area contributed by atoms with Crippen LogP contribution in [-0.2, 0) is 11.3 Å². The highest BCUT2D eigenvalue weighted by Gasteiger charge is 2.40. The number of nitrogens with one attached hydrogen (secondary N) is 1. The summed E-state index contributed by atoms with van der Waals surface area (Å²) in [5.74, 6) is 2.61. The number of halogens is 1. The molecule has 0 aliphatic heterocycles. The quantitative estimate of drug-likeness (QED) is 0.888. The summed E-state index contributed by atoms with van der Waals surface area (Å²) in [7, 11) is 0. The molecule has 2 saturated carbocycles. The van der Waals surface area contributed by atoms with Crippen molar-refractivity contribution in [2.75, 3.05) is 5.32 Å². The predicted octanol–water partition coefficient (Wildman–Crippen LogP) is 4.14. The largest absolute Gasteiger partial charge is 0.309 e. The molecule has 1 N–H and O–H groups in total. The van der Waals surface area contributed by atoms with Gasteiger partial charge in [-0.3, -0.25) is 9.48 Å². The summed E-state index contributed by atoms with van der Waals surface area (Å²) in [5, 5.41) is 7.43. The van der Waals surface area contributed by atoms with Gasteiger partial charge in [-0.25, -0.2) is 4.39 Å². The molecule has 0 unspecified atom stereocenters. The third-order valence-corrected chi connectivity index (χ3v) is 5.83. The highest BCUT2D eigenvalue weighted by Crippen LogP contribution is 2.49. The van der Waals surface area contributed by atoms with Crippen LogP contribution in [0.4, 0.5) is 10.2 Å². The van der Waals surface area contributed by atoms with E-state index in [9.17, 15) is 9.18 Å². The molecular formula is C20H24FN3O. The lowest BCUT2D eigenvalue weighted by Gasteiger charge is -2.20. The van der Waals surface area contributed by atoms with Gasteiger partial charge in [-0.1, -0.05) is 18.6 Å². The molecule has 4 rings (SSSR count). The van der Waals surface area contributed by atoms with Crippen molar-refractivity contribution in [2.24, 2.45) is 17.8 Å². The van der Waals surface area contributed by atoms with Crippen molar-refractivity contribution in [2.45, 2.75) is 45.6 Å². The number of aromatic nitrogens is 2. The van der Waals surface area contributed by atoms with Gasteiger partial charge in [0.1, 0.15) is 5.82 Å². The Morgan fingerprint density at radius 3 is 2.76 bits per heavy atom. The monoisotopic (exact) mass is 341 g/mol. The van der Waals surface area contributed by atoms with Crippen LogP contribution < -0.4 is 5.32 Å². The minimum absolute atomic E-state index is 0.0731. The third-order valence-electron chi connectivity index (χ3n) is 5.83. The van der Waals surface area contributed by atoms with Crippen LogP contribution >= 0.6 is 0 Å². The Labute approximate surface area is 147 Å².